The highest BCUT2D eigenvalue weighted by atomic mass is 35.5. The molecule has 0 saturated heterocycles. The third-order valence-corrected chi connectivity index (χ3v) is 6.36. The molecule has 3 aromatic carbocycles. The molecular weight excluding hydrogens is 444 g/mol. The van der Waals surface area contributed by atoms with Gasteiger partial charge in [-0.1, -0.05) is 59.8 Å². The van der Waals surface area contributed by atoms with Crippen molar-refractivity contribution in [1.29, 1.82) is 0 Å². The first-order valence-corrected chi connectivity index (χ1v) is 11.5. The lowest BCUT2D eigenvalue weighted by atomic mass is 10.0. The van der Waals surface area contributed by atoms with Crippen LogP contribution in [0.15, 0.2) is 71.9 Å². The summed E-state index contributed by atoms with van der Waals surface area (Å²) in [5, 5.41) is 15.1. The predicted molar refractivity (Wildman–Crippen MR) is 128 cm³/mol. The molecule has 0 aliphatic heterocycles. The van der Waals surface area contributed by atoms with E-state index in [1.807, 2.05) is 30.7 Å². The number of carbonyl (C=O) groups excluding carboxylic acids is 1. The van der Waals surface area contributed by atoms with Crippen LogP contribution in [0.1, 0.15) is 24.4 Å². The minimum Gasteiger partial charge on any atom is -0.486 e. The second kappa shape index (κ2) is 10.1. The molecule has 1 atom stereocenters. The van der Waals surface area contributed by atoms with Crippen LogP contribution in [0.25, 0.3) is 10.8 Å². The van der Waals surface area contributed by atoms with Crippen LogP contribution in [0.5, 0.6) is 5.75 Å². The number of ether oxygens (including phenoxy) is 1. The standard InChI is InChI=1S/C24H23ClN4O2S/c1-16(18-8-7-17-5-3-4-6-19(17)13-18)26-23(30)15-32-24-28-27-22(29(24)2)14-31-21-11-9-20(25)10-12-21/h3-13,16H,14-15H2,1-2H3,(H,26,30). The van der Waals surface area contributed by atoms with E-state index in [1.54, 1.807) is 24.3 Å². The van der Waals surface area contributed by atoms with Gasteiger partial charge in [-0.15, -0.1) is 10.2 Å². The van der Waals surface area contributed by atoms with Crippen LogP contribution >= 0.6 is 23.4 Å². The molecule has 6 nitrogen and oxygen atoms in total. The molecule has 164 valence electrons. The number of thioether (sulfide) groups is 1. The predicted octanol–water partition coefficient (Wildman–Crippen LogP) is 5.17. The molecule has 32 heavy (non-hydrogen) atoms. The van der Waals surface area contributed by atoms with E-state index in [4.69, 9.17) is 16.3 Å². The lowest BCUT2D eigenvalue weighted by Gasteiger charge is -2.15. The summed E-state index contributed by atoms with van der Waals surface area (Å²) in [4.78, 5) is 12.5. The second-order valence-corrected chi connectivity index (χ2v) is 8.76. The van der Waals surface area contributed by atoms with Crippen molar-refractivity contribution in [2.75, 3.05) is 5.75 Å². The number of amides is 1. The third kappa shape index (κ3) is 5.41. The largest absolute Gasteiger partial charge is 0.486 e. The van der Waals surface area contributed by atoms with Crippen LogP contribution in [0.3, 0.4) is 0 Å². The van der Waals surface area contributed by atoms with Crippen LogP contribution in [0.4, 0.5) is 0 Å². The van der Waals surface area contributed by atoms with Gasteiger partial charge in [0, 0.05) is 12.1 Å². The quantitative estimate of drug-likeness (QED) is 0.363. The zero-order valence-electron chi connectivity index (χ0n) is 17.8. The Kier molecular flexibility index (Phi) is 6.97. The molecule has 1 amide bonds. The van der Waals surface area contributed by atoms with Crippen molar-refractivity contribution in [3.63, 3.8) is 0 Å². The molecule has 1 aromatic heterocycles. The molecule has 1 heterocycles. The number of benzene rings is 3. The number of hydrogen-bond donors (Lipinski definition) is 1. The third-order valence-electron chi connectivity index (χ3n) is 5.09. The van der Waals surface area contributed by atoms with Crippen LogP contribution < -0.4 is 10.1 Å². The minimum absolute atomic E-state index is 0.0578. The first kappa shape index (κ1) is 22.2. The van der Waals surface area contributed by atoms with E-state index in [0.29, 0.717) is 21.8 Å². The fourth-order valence-electron chi connectivity index (χ4n) is 3.25. The lowest BCUT2D eigenvalue weighted by molar-refractivity contribution is -0.119. The van der Waals surface area contributed by atoms with Crippen molar-refractivity contribution in [2.24, 2.45) is 7.05 Å². The fourth-order valence-corrected chi connectivity index (χ4v) is 4.12. The summed E-state index contributed by atoms with van der Waals surface area (Å²) >= 11 is 7.23. The Bertz CT molecular complexity index is 1230. The zero-order chi connectivity index (χ0) is 22.5. The van der Waals surface area contributed by atoms with Crippen molar-refractivity contribution < 1.29 is 9.53 Å². The smallest absolute Gasteiger partial charge is 0.230 e. The summed E-state index contributed by atoms with van der Waals surface area (Å²) in [5.41, 5.74) is 1.07. The molecule has 4 aromatic rings. The van der Waals surface area contributed by atoms with Gasteiger partial charge in [-0.25, -0.2) is 0 Å². The van der Waals surface area contributed by atoms with Crippen LogP contribution in [-0.2, 0) is 18.4 Å². The maximum Gasteiger partial charge on any atom is 0.230 e. The summed E-state index contributed by atoms with van der Waals surface area (Å²) in [5.74, 6) is 1.57. The van der Waals surface area contributed by atoms with Gasteiger partial charge in [0.15, 0.2) is 11.0 Å². The maximum atomic E-state index is 12.5. The Morgan fingerprint density at radius 2 is 1.84 bits per heavy atom. The van der Waals surface area contributed by atoms with Gasteiger partial charge >= 0.3 is 0 Å². The van der Waals surface area contributed by atoms with Crippen LogP contribution in [0, 0.1) is 0 Å². The number of fused-ring (bicyclic) bond motifs is 1. The SMILES string of the molecule is CC(NC(=O)CSc1nnc(COc2ccc(Cl)cc2)n1C)c1ccc2ccccc2c1. The van der Waals surface area contributed by atoms with Gasteiger partial charge in [-0.2, -0.15) is 0 Å². The molecule has 1 N–H and O–H groups in total. The van der Waals surface area contributed by atoms with Crippen molar-refractivity contribution in [3.05, 3.63) is 83.1 Å². The summed E-state index contributed by atoms with van der Waals surface area (Å²) in [6, 6.07) is 21.5. The number of rotatable bonds is 8. The van der Waals surface area contributed by atoms with Crippen molar-refractivity contribution in [3.8, 4) is 5.75 Å². The highest BCUT2D eigenvalue weighted by molar-refractivity contribution is 7.99. The fraction of sp³-hybridized carbons (Fsp3) is 0.208. The molecule has 0 aliphatic rings. The lowest BCUT2D eigenvalue weighted by Crippen LogP contribution is -2.28. The Hall–Kier alpha value is -3.03. The Balaban J connectivity index is 1.30. The topological polar surface area (TPSA) is 69.0 Å². The Labute approximate surface area is 195 Å². The van der Waals surface area contributed by atoms with E-state index >= 15 is 0 Å². The van der Waals surface area contributed by atoms with Crippen LogP contribution in [0.2, 0.25) is 5.02 Å². The number of carbonyl (C=O) groups is 1. The Morgan fingerprint density at radius 1 is 1.09 bits per heavy atom. The summed E-state index contributed by atoms with van der Waals surface area (Å²) in [6.45, 7) is 2.26. The van der Waals surface area contributed by atoms with E-state index < -0.39 is 0 Å². The number of aromatic nitrogens is 3. The van der Waals surface area contributed by atoms with Gasteiger partial charge in [0.1, 0.15) is 12.4 Å². The van der Waals surface area contributed by atoms with E-state index in [9.17, 15) is 4.79 Å². The summed E-state index contributed by atoms with van der Waals surface area (Å²) < 4.78 is 7.56. The molecule has 8 heteroatoms. The zero-order valence-corrected chi connectivity index (χ0v) is 19.4. The van der Waals surface area contributed by atoms with Gasteiger partial charge in [0.25, 0.3) is 0 Å². The molecule has 0 bridgehead atoms. The van der Waals surface area contributed by atoms with Crippen molar-refractivity contribution in [1.82, 2.24) is 20.1 Å². The maximum absolute atomic E-state index is 12.5. The normalized spacial score (nSPS) is 12.0. The first-order chi connectivity index (χ1) is 15.5. The van der Waals surface area contributed by atoms with Gasteiger partial charge < -0.3 is 14.6 Å². The van der Waals surface area contributed by atoms with E-state index in [0.717, 1.165) is 10.9 Å². The summed E-state index contributed by atoms with van der Waals surface area (Å²) in [7, 11) is 1.86. The van der Waals surface area contributed by atoms with Crippen LogP contribution in [-0.4, -0.2) is 26.4 Å². The summed E-state index contributed by atoms with van der Waals surface area (Å²) in [6.07, 6.45) is 0. The molecule has 0 aliphatic carbocycles. The van der Waals surface area contributed by atoms with Gasteiger partial charge in [0.2, 0.25) is 5.91 Å². The number of nitrogens with zero attached hydrogens (tertiary/aromatic N) is 3. The van der Waals surface area contributed by atoms with Gasteiger partial charge in [-0.05, 0) is 53.6 Å². The van der Waals surface area contributed by atoms with E-state index in [1.165, 1.54) is 17.1 Å². The average Bonchev–Trinajstić information content (AvgIpc) is 3.16. The number of nitrogens with one attached hydrogen (secondary N) is 1. The minimum atomic E-state index is -0.0875. The molecular formula is C24H23ClN4O2S. The second-order valence-electron chi connectivity index (χ2n) is 7.38. The highest BCUT2D eigenvalue weighted by Gasteiger charge is 2.14. The van der Waals surface area contributed by atoms with Crippen molar-refractivity contribution in [2.45, 2.75) is 24.7 Å². The van der Waals surface area contributed by atoms with Gasteiger partial charge in [-0.3, -0.25) is 4.79 Å². The average molecular weight is 467 g/mol. The number of halogens is 1. The molecule has 0 saturated carbocycles. The van der Waals surface area contributed by atoms with Gasteiger partial charge in [0.05, 0.1) is 11.8 Å². The Morgan fingerprint density at radius 3 is 2.62 bits per heavy atom. The molecule has 0 spiro atoms. The van der Waals surface area contributed by atoms with E-state index in [-0.39, 0.29) is 24.3 Å². The van der Waals surface area contributed by atoms with Crippen molar-refractivity contribution >= 4 is 40.0 Å². The molecule has 4 rings (SSSR count). The molecule has 0 fully saturated rings. The number of hydrogen-bond acceptors (Lipinski definition) is 5. The van der Waals surface area contributed by atoms with E-state index in [2.05, 4.69) is 45.8 Å². The monoisotopic (exact) mass is 466 g/mol. The molecule has 1 unspecified atom stereocenters. The highest BCUT2D eigenvalue weighted by Crippen LogP contribution is 2.22. The molecule has 0 radical (unpaired) electrons. The first-order valence-electron chi connectivity index (χ1n) is 10.2.